The first-order valence-electron chi connectivity index (χ1n) is 6.30. The van der Waals surface area contributed by atoms with E-state index < -0.39 is 0 Å². The van der Waals surface area contributed by atoms with Gasteiger partial charge in [0, 0.05) is 11.4 Å². The van der Waals surface area contributed by atoms with Crippen molar-refractivity contribution in [2.45, 2.75) is 5.75 Å². The summed E-state index contributed by atoms with van der Waals surface area (Å²) in [5, 5.41) is 11.5. The van der Waals surface area contributed by atoms with E-state index in [-0.39, 0.29) is 17.5 Å². The van der Waals surface area contributed by atoms with Crippen molar-refractivity contribution in [2.24, 2.45) is 0 Å². The molecule has 0 fully saturated rings. The number of thioether (sulfide) groups is 1. The molecule has 0 unspecified atom stereocenters. The molecule has 0 saturated heterocycles. The SMILES string of the molecule is N#Cc1cccc(NC(=O)CSCc2ccccc2F)c1. The van der Waals surface area contributed by atoms with Crippen LogP contribution in [0.25, 0.3) is 0 Å². The van der Waals surface area contributed by atoms with E-state index in [9.17, 15) is 9.18 Å². The van der Waals surface area contributed by atoms with E-state index in [1.807, 2.05) is 6.07 Å². The Bertz CT molecular complexity index is 682. The second-order valence-electron chi connectivity index (χ2n) is 4.32. The lowest BCUT2D eigenvalue weighted by Gasteiger charge is -2.06. The first kappa shape index (κ1) is 15.1. The van der Waals surface area contributed by atoms with Gasteiger partial charge in [-0.15, -0.1) is 11.8 Å². The molecule has 2 aromatic carbocycles. The number of carbonyl (C=O) groups is 1. The van der Waals surface area contributed by atoms with Gasteiger partial charge in [-0.2, -0.15) is 5.26 Å². The molecule has 21 heavy (non-hydrogen) atoms. The third-order valence-electron chi connectivity index (χ3n) is 2.72. The molecule has 0 aromatic heterocycles. The lowest BCUT2D eigenvalue weighted by Crippen LogP contribution is -2.14. The van der Waals surface area contributed by atoms with E-state index in [0.717, 1.165) is 0 Å². The summed E-state index contributed by atoms with van der Waals surface area (Å²) in [6.07, 6.45) is 0. The van der Waals surface area contributed by atoms with Gasteiger partial charge >= 0.3 is 0 Å². The lowest BCUT2D eigenvalue weighted by molar-refractivity contribution is -0.113. The van der Waals surface area contributed by atoms with Gasteiger partial charge in [0.15, 0.2) is 0 Å². The van der Waals surface area contributed by atoms with E-state index in [0.29, 0.717) is 22.6 Å². The maximum absolute atomic E-state index is 13.4. The van der Waals surface area contributed by atoms with E-state index >= 15 is 0 Å². The summed E-state index contributed by atoms with van der Waals surface area (Å²) in [7, 11) is 0. The molecular weight excluding hydrogens is 287 g/mol. The molecule has 0 heterocycles. The third kappa shape index (κ3) is 4.62. The maximum Gasteiger partial charge on any atom is 0.234 e. The van der Waals surface area contributed by atoms with E-state index in [1.165, 1.54) is 17.8 Å². The number of halogens is 1. The average molecular weight is 300 g/mol. The molecule has 0 bridgehead atoms. The quantitative estimate of drug-likeness (QED) is 0.918. The number of nitriles is 1. The minimum Gasteiger partial charge on any atom is -0.325 e. The van der Waals surface area contributed by atoms with Gasteiger partial charge in [0.25, 0.3) is 0 Å². The molecule has 0 radical (unpaired) electrons. The number of nitrogens with zero attached hydrogens (tertiary/aromatic N) is 1. The highest BCUT2D eigenvalue weighted by molar-refractivity contribution is 7.99. The van der Waals surface area contributed by atoms with Crippen molar-refractivity contribution in [3.05, 3.63) is 65.5 Å². The minimum atomic E-state index is -0.257. The summed E-state index contributed by atoms with van der Waals surface area (Å²) in [4.78, 5) is 11.8. The van der Waals surface area contributed by atoms with Gasteiger partial charge in [0.1, 0.15) is 5.82 Å². The normalized spacial score (nSPS) is 9.90. The van der Waals surface area contributed by atoms with Gasteiger partial charge in [0.05, 0.1) is 17.4 Å². The molecule has 1 N–H and O–H groups in total. The molecule has 0 aliphatic carbocycles. The van der Waals surface area contributed by atoms with Gasteiger partial charge < -0.3 is 5.32 Å². The Morgan fingerprint density at radius 1 is 1.24 bits per heavy atom. The minimum absolute atomic E-state index is 0.175. The second-order valence-corrected chi connectivity index (χ2v) is 5.31. The smallest absolute Gasteiger partial charge is 0.234 e. The van der Waals surface area contributed by atoms with E-state index in [4.69, 9.17) is 5.26 Å². The van der Waals surface area contributed by atoms with Gasteiger partial charge in [-0.3, -0.25) is 4.79 Å². The van der Waals surface area contributed by atoms with E-state index in [1.54, 1.807) is 42.5 Å². The van der Waals surface area contributed by atoms with Crippen LogP contribution in [-0.2, 0) is 10.5 Å². The number of carbonyl (C=O) groups excluding carboxylic acids is 1. The van der Waals surface area contributed by atoms with Crippen molar-refractivity contribution in [2.75, 3.05) is 11.1 Å². The molecule has 1 amide bonds. The molecule has 5 heteroatoms. The molecule has 106 valence electrons. The Labute approximate surface area is 126 Å². The number of rotatable bonds is 5. The molecule has 0 spiro atoms. The summed E-state index contributed by atoms with van der Waals surface area (Å²) in [6, 6.07) is 15.2. The summed E-state index contributed by atoms with van der Waals surface area (Å²) in [5.74, 6) is 0.238. The van der Waals surface area contributed by atoms with Crippen molar-refractivity contribution < 1.29 is 9.18 Å². The van der Waals surface area contributed by atoms with E-state index in [2.05, 4.69) is 5.32 Å². The van der Waals surface area contributed by atoms with Crippen LogP contribution in [0.1, 0.15) is 11.1 Å². The topological polar surface area (TPSA) is 52.9 Å². The number of anilines is 1. The fourth-order valence-corrected chi connectivity index (χ4v) is 2.55. The molecular formula is C16H13FN2OS. The molecule has 2 aromatic rings. The third-order valence-corrected chi connectivity index (χ3v) is 3.71. The van der Waals surface area contributed by atoms with Crippen LogP contribution in [-0.4, -0.2) is 11.7 Å². The Kier molecular flexibility index (Phi) is 5.35. The Balaban J connectivity index is 1.83. The Morgan fingerprint density at radius 2 is 2.05 bits per heavy atom. The van der Waals surface area contributed by atoms with Gasteiger partial charge in [-0.1, -0.05) is 24.3 Å². The van der Waals surface area contributed by atoms with Gasteiger partial charge in [0.2, 0.25) is 5.91 Å². The van der Waals surface area contributed by atoms with Crippen molar-refractivity contribution in [3.63, 3.8) is 0 Å². The first-order valence-corrected chi connectivity index (χ1v) is 7.45. The first-order chi connectivity index (χ1) is 10.2. The Morgan fingerprint density at radius 3 is 2.81 bits per heavy atom. The second kappa shape index (κ2) is 7.46. The predicted molar refractivity (Wildman–Crippen MR) is 82.3 cm³/mol. The number of hydrogen-bond acceptors (Lipinski definition) is 3. The lowest BCUT2D eigenvalue weighted by atomic mass is 10.2. The molecule has 2 rings (SSSR count). The monoisotopic (exact) mass is 300 g/mol. The van der Waals surface area contributed by atoms with Crippen LogP contribution in [0.3, 0.4) is 0 Å². The van der Waals surface area contributed by atoms with Crippen LogP contribution in [0, 0.1) is 17.1 Å². The zero-order valence-corrected chi connectivity index (χ0v) is 12.0. The molecule has 0 aliphatic rings. The fraction of sp³-hybridized carbons (Fsp3) is 0.125. The van der Waals surface area contributed by atoms with Crippen molar-refractivity contribution in [1.29, 1.82) is 5.26 Å². The van der Waals surface area contributed by atoms with Crippen LogP contribution in [0.5, 0.6) is 0 Å². The molecule has 0 atom stereocenters. The molecule has 0 aliphatic heterocycles. The summed E-state index contributed by atoms with van der Waals surface area (Å²) >= 11 is 1.34. The van der Waals surface area contributed by atoms with Crippen molar-refractivity contribution in [3.8, 4) is 6.07 Å². The number of hydrogen-bond donors (Lipinski definition) is 1. The maximum atomic E-state index is 13.4. The van der Waals surface area contributed by atoms with Crippen LogP contribution >= 0.6 is 11.8 Å². The van der Waals surface area contributed by atoms with Crippen LogP contribution in [0.15, 0.2) is 48.5 Å². The number of nitrogens with one attached hydrogen (secondary N) is 1. The molecule has 0 saturated carbocycles. The number of benzene rings is 2. The zero-order valence-electron chi connectivity index (χ0n) is 11.2. The number of amides is 1. The standard InChI is InChI=1S/C16H13FN2OS/c17-15-7-2-1-5-13(15)10-21-11-16(20)19-14-6-3-4-12(8-14)9-18/h1-8H,10-11H2,(H,19,20). The highest BCUT2D eigenvalue weighted by Gasteiger charge is 2.05. The predicted octanol–water partition coefficient (Wildman–Crippen LogP) is 3.57. The Hall–Kier alpha value is -2.32. The van der Waals surface area contributed by atoms with Crippen LogP contribution < -0.4 is 5.32 Å². The van der Waals surface area contributed by atoms with Gasteiger partial charge in [-0.25, -0.2) is 4.39 Å². The fourth-order valence-electron chi connectivity index (χ4n) is 1.73. The average Bonchev–Trinajstić information content (AvgIpc) is 2.49. The largest absolute Gasteiger partial charge is 0.325 e. The zero-order chi connectivity index (χ0) is 15.1. The molecule has 3 nitrogen and oxygen atoms in total. The van der Waals surface area contributed by atoms with Crippen LogP contribution in [0.2, 0.25) is 0 Å². The van der Waals surface area contributed by atoms with Crippen molar-refractivity contribution >= 4 is 23.4 Å². The van der Waals surface area contributed by atoms with Gasteiger partial charge in [-0.05, 0) is 29.8 Å². The summed E-state index contributed by atoms with van der Waals surface area (Å²) in [6.45, 7) is 0. The van der Waals surface area contributed by atoms with Crippen LogP contribution in [0.4, 0.5) is 10.1 Å². The summed E-state index contributed by atoms with van der Waals surface area (Å²) in [5.41, 5.74) is 1.67. The highest BCUT2D eigenvalue weighted by Crippen LogP contribution is 2.16. The summed E-state index contributed by atoms with van der Waals surface area (Å²) < 4.78 is 13.4. The highest BCUT2D eigenvalue weighted by atomic mass is 32.2. The van der Waals surface area contributed by atoms with Crippen molar-refractivity contribution in [1.82, 2.24) is 0 Å².